The lowest BCUT2D eigenvalue weighted by atomic mass is 9.98. The summed E-state index contributed by atoms with van der Waals surface area (Å²) >= 11 is 6.55. The lowest BCUT2D eigenvalue weighted by Crippen LogP contribution is -2.16. The van der Waals surface area contributed by atoms with E-state index >= 15 is 0 Å². The maximum atomic E-state index is 12.6. The molecule has 0 unspecified atom stereocenters. The number of unbranched alkanes of at least 4 members (excludes halogenated alkanes) is 3. The second kappa shape index (κ2) is 19.9. The zero-order valence-corrected chi connectivity index (χ0v) is 28.4. The number of benzene rings is 2. The summed E-state index contributed by atoms with van der Waals surface area (Å²) in [6.07, 6.45) is 4.57. The highest BCUT2D eigenvalue weighted by Crippen LogP contribution is 2.30. The third-order valence-electron chi connectivity index (χ3n) is 7.61. The molecule has 0 spiro atoms. The number of rotatable bonds is 21. The van der Waals surface area contributed by atoms with Gasteiger partial charge in [0.2, 0.25) is 5.82 Å². The summed E-state index contributed by atoms with van der Waals surface area (Å²) < 4.78 is 7.51. The summed E-state index contributed by atoms with van der Waals surface area (Å²) in [5.74, 6) is 0.318. The van der Waals surface area contributed by atoms with E-state index in [0.717, 1.165) is 40.2 Å². The number of aryl methyl sites for hydroxylation is 1. The van der Waals surface area contributed by atoms with Crippen LogP contribution in [0.4, 0.5) is 0 Å². The standard InChI is InChI=1S/C32H41ClN8O9/c1-2-3-12-28-34-31(33)27(22-48-30(43)14-7-9-20-50-41(46)47)38(28)21-23-15-17-24(18-16-23)25-10-4-5-11-26(25)32-35-37-39(36-32)29(42)13-6-8-19-49-40(44)45/h4-5,10-11,15-18,44-47H,2-3,6-9,12-14,19-22H2,1H3. The molecule has 270 valence electrons. The zero-order chi connectivity index (χ0) is 35.9. The summed E-state index contributed by atoms with van der Waals surface area (Å²) in [5.41, 5.74) is 4.01. The van der Waals surface area contributed by atoms with Gasteiger partial charge >= 0.3 is 5.97 Å². The van der Waals surface area contributed by atoms with Crippen LogP contribution in [-0.2, 0) is 38.8 Å². The highest BCUT2D eigenvalue weighted by atomic mass is 35.5. The van der Waals surface area contributed by atoms with Gasteiger partial charge < -0.3 is 9.30 Å². The fraction of sp³-hybridized carbons (Fsp3) is 0.438. The number of hydrogen-bond donors (Lipinski definition) is 4. The molecule has 0 aliphatic carbocycles. The van der Waals surface area contributed by atoms with Crippen molar-refractivity contribution in [3.8, 4) is 22.5 Å². The van der Waals surface area contributed by atoms with Crippen LogP contribution >= 0.6 is 11.6 Å². The predicted octanol–water partition coefficient (Wildman–Crippen LogP) is 5.30. The summed E-state index contributed by atoms with van der Waals surface area (Å²) in [6.45, 7) is 2.58. The number of imidazole rings is 1. The third kappa shape index (κ3) is 11.7. The van der Waals surface area contributed by atoms with E-state index in [2.05, 4.69) is 37.0 Å². The first-order valence-electron chi connectivity index (χ1n) is 16.2. The number of halogens is 1. The molecule has 0 saturated heterocycles. The summed E-state index contributed by atoms with van der Waals surface area (Å²) in [5, 5.41) is 46.3. The lowest BCUT2D eigenvalue weighted by Gasteiger charge is -2.14. The minimum atomic E-state index is -0.417. The molecule has 0 atom stereocenters. The van der Waals surface area contributed by atoms with Crippen molar-refractivity contribution >= 4 is 23.5 Å². The Balaban J connectivity index is 1.43. The Morgan fingerprint density at radius 3 is 2.18 bits per heavy atom. The van der Waals surface area contributed by atoms with E-state index in [0.29, 0.717) is 55.7 Å². The quantitative estimate of drug-likeness (QED) is 0.0490. The SMILES string of the molecule is CCCCc1nc(Cl)c(COC(=O)CCCCON(O)O)n1Cc1ccc(-c2ccccc2-c2nnn(C(=O)CCCCON(O)O)n2)cc1. The first-order chi connectivity index (χ1) is 24.2. The lowest BCUT2D eigenvalue weighted by molar-refractivity contribution is -0.492. The first-order valence-corrected chi connectivity index (χ1v) is 16.6. The second-order valence-corrected chi connectivity index (χ2v) is 11.6. The Morgan fingerprint density at radius 1 is 0.860 bits per heavy atom. The molecule has 0 aliphatic rings. The van der Waals surface area contributed by atoms with Gasteiger partial charge in [-0.1, -0.05) is 78.3 Å². The van der Waals surface area contributed by atoms with Gasteiger partial charge in [0.25, 0.3) is 5.91 Å². The molecular weight excluding hydrogens is 676 g/mol. The van der Waals surface area contributed by atoms with Crippen molar-refractivity contribution < 1.29 is 44.8 Å². The molecule has 0 radical (unpaired) electrons. The smallest absolute Gasteiger partial charge is 0.306 e. The van der Waals surface area contributed by atoms with E-state index in [4.69, 9.17) is 37.2 Å². The Morgan fingerprint density at radius 2 is 1.52 bits per heavy atom. The molecule has 2 aromatic heterocycles. The number of aromatic nitrogens is 6. The van der Waals surface area contributed by atoms with Crippen LogP contribution in [-0.4, -0.2) is 86.5 Å². The fourth-order valence-corrected chi connectivity index (χ4v) is 5.30. The van der Waals surface area contributed by atoms with E-state index < -0.39 is 5.97 Å². The molecule has 2 aromatic carbocycles. The van der Waals surface area contributed by atoms with E-state index in [1.54, 1.807) is 0 Å². The topological polar surface area (TPSA) is 211 Å². The maximum Gasteiger partial charge on any atom is 0.306 e. The summed E-state index contributed by atoms with van der Waals surface area (Å²) in [7, 11) is 0. The van der Waals surface area contributed by atoms with Gasteiger partial charge in [-0.25, -0.2) is 4.98 Å². The number of carbonyl (C=O) groups excluding carboxylic acids is 2. The monoisotopic (exact) mass is 716 g/mol. The Labute approximate surface area is 292 Å². The van der Waals surface area contributed by atoms with Crippen LogP contribution in [0.15, 0.2) is 48.5 Å². The van der Waals surface area contributed by atoms with Gasteiger partial charge in [-0.2, -0.15) is 0 Å². The molecular formula is C32H41ClN8O9. The van der Waals surface area contributed by atoms with Crippen LogP contribution in [0.25, 0.3) is 22.5 Å². The maximum absolute atomic E-state index is 12.6. The molecule has 4 N–H and O–H groups in total. The number of esters is 1. The predicted molar refractivity (Wildman–Crippen MR) is 174 cm³/mol. The van der Waals surface area contributed by atoms with Gasteiger partial charge in [-0.15, -0.1) is 10.2 Å². The molecule has 0 fully saturated rings. The first kappa shape index (κ1) is 38.6. The summed E-state index contributed by atoms with van der Waals surface area (Å²) in [4.78, 5) is 39.5. The largest absolute Gasteiger partial charge is 0.459 e. The molecule has 0 bridgehead atoms. The molecule has 2 heterocycles. The van der Waals surface area contributed by atoms with Crippen molar-refractivity contribution in [3.05, 3.63) is 70.8 Å². The van der Waals surface area contributed by atoms with Gasteiger partial charge in [0.1, 0.15) is 12.4 Å². The molecule has 18 heteroatoms. The van der Waals surface area contributed by atoms with Crippen LogP contribution < -0.4 is 0 Å². The van der Waals surface area contributed by atoms with Crippen molar-refractivity contribution in [1.29, 1.82) is 0 Å². The Hall–Kier alpha value is -4.17. The van der Waals surface area contributed by atoms with Gasteiger partial charge in [0, 0.05) is 31.4 Å². The highest BCUT2D eigenvalue weighted by molar-refractivity contribution is 6.30. The van der Waals surface area contributed by atoms with E-state index in [9.17, 15) is 9.59 Å². The van der Waals surface area contributed by atoms with Crippen LogP contribution in [0, 0.1) is 0 Å². The number of carbonyl (C=O) groups is 2. The number of ether oxygens (including phenoxy) is 1. The van der Waals surface area contributed by atoms with Crippen molar-refractivity contribution in [2.45, 2.75) is 77.9 Å². The molecule has 0 amide bonds. The van der Waals surface area contributed by atoms with Crippen molar-refractivity contribution in [2.75, 3.05) is 13.2 Å². The van der Waals surface area contributed by atoms with Crippen LogP contribution in [0.3, 0.4) is 0 Å². The molecule has 4 aromatic rings. The van der Waals surface area contributed by atoms with Crippen LogP contribution in [0.1, 0.15) is 80.2 Å². The van der Waals surface area contributed by atoms with Crippen LogP contribution in [0.2, 0.25) is 5.15 Å². The molecule has 17 nitrogen and oxygen atoms in total. The van der Waals surface area contributed by atoms with Crippen molar-refractivity contribution in [3.63, 3.8) is 0 Å². The van der Waals surface area contributed by atoms with Gasteiger partial charge in [0.05, 0.1) is 29.7 Å². The highest BCUT2D eigenvalue weighted by Gasteiger charge is 2.19. The molecule has 50 heavy (non-hydrogen) atoms. The number of nitrogens with zero attached hydrogens (tertiary/aromatic N) is 8. The zero-order valence-electron chi connectivity index (χ0n) is 27.6. The van der Waals surface area contributed by atoms with Gasteiger partial charge in [-0.3, -0.25) is 40.1 Å². The average Bonchev–Trinajstić information content (AvgIpc) is 3.70. The fourth-order valence-electron chi connectivity index (χ4n) is 5.05. The normalized spacial score (nSPS) is 11.5. The minimum Gasteiger partial charge on any atom is -0.459 e. The Bertz CT molecular complexity index is 1660. The van der Waals surface area contributed by atoms with Crippen molar-refractivity contribution in [1.82, 2.24) is 40.5 Å². The Kier molecular flexibility index (Phi) is 15.4. The average molecular weight is 717 g/mol. The van der Waals surface area contributed by atoms with E-state index in [1.807, 2.05) is 53.1 Å². The van der Waals surface area contributed by atoms with Gasteiger partial charge in [0.15, 0.2) is 5.15 Å². The number of hydrogen-bond acceptors (Lipinski definition) is 15. The third-order valence-corrected chi connectivity index (χ3v) is 7.91. The second-order valence-electron chi connectivity index (χ2n) is 11.2. The molecule has 4 rings (SSSR count). The van der Waals surface area contributed by atoms with E-state index in [-0.39, 0.29) is 54.5 Å². The molecule has 0 saturated carbocycles. The van der Waals surface area contributed by atoms with Gasteiger partial charge in [-0.05, 0) is 54.0 Å². The van der Waals surface area contributed by atoms with Crippen LogP contribution in [0.5, 0.6) is 0 Å². The molecule has 0 aliphatic heterocycles. The minimum absolute atomic E-state index is 0.0345. The summed E-state index contributed by atoms with van der Waals surface area (Å²) in [6, 6.07) is 15.5. The van der Waals surface area contributed by atoms with Crippen molar-refractivity contribution in [2.24, 2.45) is 0 Å². The number of tetrazole rings is 1. The van der Waals surface area contributed by atoms with E-state index in [1.165, 1.54) is 0 Å².